The molecular weight excluding hydrogens is 392 g/mol. The van der Waals surface area contributed by atoms with Crippen molar-refractivity contribution in [2.75, 3.05) is 39.2 Å². The van der Waals surface area contributed by atoms with Gasteiger partial charge in [0.2, 0.25) is 0 Å². The molecule has 1 spiro atoms. The van der Waals surface area contributed by atoms with Gasteiger partial charge in [-0.15, -0.1) is 0 Å². The number of urea groups is 1. The van der Waals surface area contributed by atoms with Crippen LogP contribution in [0.2, 0.25) is 0 Å². The second-order valence-electron chi connectivity index (χ2n) is 6.63. The first-order chi connectivity index (χ1) is 13.8. The fourth-order valence-corrected chi connectivity index (χ4v) is 3.46. The Morgan fingerprint density at radius 1 is 1.24 bits per heavy atom. The number of hydrogen-bond donors (Lipinski definition) is 1. The summed E-state index contributed by atoms with van der Waals surface area (Å²) in [6.45, 7) is -0.779. The van der Waals surface area contributed by atoms with E-state index < -0.39 is 36.6 Å². The molecule has 1 N–H and O–H groups in total. The van der Waals surface area contributed by atoms with E-state index in [1.807, 2.05) is 0 Å². The predicted octanol–water partition coefficient (Wildman–Crippen LogP) is 2.31. The molecule has 29 heavy (non-hydrogen) atoms. The van der Waals surface area contributed by atoms with Crippen LogP contribution in [0.5, 0.6) is 11.5 Å². The number of nitrogens with one attached hydrogen (secondary N) is 1. The first kappa shape index (κ1) is 20.6. The molecule has 2 fully saturated rings. The Hall–Kier alpha value is -3.11. The van der Waals surface area contributed by atoms with E-state index in [4.69, 9.17) is 14.2 Å². The standard InChI is InChI=1S/C18H21F2N3O6/c1-27-12-5-3-4-11(14(12)28-2)21-16(25)22-8-6-18(7-9-22)15(24)23(10-13(19)20)17(26)29-18/h3-5,13H,6-10H2,1-2H3,(H,21,25). The van der Waals surface area contributed by atoms with Gasteiger partial charge in [-0.3, -0.25) is 4.79 Å². The number of rotatable bonds is 5. The highest BCUT2D eigenvalue weighted by molar-refractivity contribution is 6.03. The molecule has 9 nitrogen and oxygen atoms in total. The van der Waals surface area contributed by atoms with Crippen LogP contribution in [-0.2, 0) is 9.53 Å². The zero-order valence-electron chi connectivity index (χ0n) is 15.9. The number of imide groups is 1. The van der Waals surface area contributed by atoms with Gasteiger partial charge in [-0.1, -0.05) is 6.07 Å². The molecule has 2 aliphatic heterocycles. The summed E-state index contributed by atoms with van der Waals surface area (Å²) in [4.78, 5) is 38.7. The molecule has 0 saturated carbocycles. The summed E-state index contributed by atoms with van der Waals surface area (Å²) in [6.07, 6.45) is -3.86. The van der Waals surface area contributed by atoms with Crippen LogP contribution in [0.3, 0.4) is 0 Å². The summed E-state index contributed by atoms with van der Waals surface area (Å²) in [5.74, 6) is 0.0298. The molecule has 1 aromatic carbocycles. The molecule has 0 aromatic heterocycles. The highest BCUT2D eigenvalue weighted by atomic mass is 19.3. The number of methoxy groups -OCH3 is 2. The Morgan fingerprint density at radius 2 is 1.93 bits per heavy atom. The fourth-order valence-electron chi connectivity index (χ4n) is 3.46. The quantitative estimate of drug-likeness (QED) is 0.796. The topological polar surface area (TPSA) is 97.4 Å². The molecule has 1 aromatic rings. The minimum atomic E-state index is -2.84. The average molecular weight is 413 g/mol. The number of piperidine rings is 1. The number of ether oxygens (including phenoxy) is 3. The van der Waals surface area contributed by atoms with Crippen molar-refractivity contribution in [3.8, 4) is 11.5 Å². The van der Waals surface area contributed by atoms with E-state index in [-0.39, 0.29) is 25.9 Å². The zero-order valence-corrected chi connectivity index (χ0v) is 15.9. The summed E-state index contributed by atoms with van der Waals surface area (Å²) in [5.41, 5.74) is -1.08. The van der Waals surface area contributed by atoms with Gasteiger partial charge in [0.05, 0.1) is 26.5 Å². The second kappa shape index (κ2) is 8.10. The SMILES string of the molecule is COc1cccc(NC(=O)N2CCC3(CC2)OC(=O)N(CC(F)F)C3=O)c1OC. The van der Waals surface area contributed by atoms with E-state index in [0.717, 1.165) is 0 Å². The summed E-state index contributed by atoms with van der Waals surface area (Å²) in [6, 6.07) is 4.59. The van der Waals surface area contributed by atoms with Crippen molar-refractivity contribution < 1.29 is 37.4 Å². The largest absolute Gasteiger partial charge is 0.493 e. The number of likely N-dealkylation sites (tertiary alicyclic amines) is 1. The molecule has 2 aliphatic rings. The predicted molar refractivity (Wildman–Crippen MR) is 96.3 cm³/mol. The van der Waals surface area contributed by atoms with Crippen LogP contribution in [-0.4, -0.2) is 73.7 Å². The Labute approximate surface area is 165 Å². The van der Waals surface area contributed by atoms with Gasteiger partial charge in [0.15, 0.2) is 17.1 Å². The normalized spacial score (nSPS) is 18.2. The van der Waals surface area contributed by atoms with E-state index in [2.05, 4.69) is 5.32 Å². The van der Waals surface area contributed by atoms with Crippen molar-refractivity contribution in [1.82, 2.24) is 9.80 Å². The monoisotopic (exact) mass is 413 g/mol. The number of carbonyl (C=O) groups excluding carboxylic acids is 3. The lowest BCUT2D eigenvalue weighted by Crippen LogP contribution is -2.52. The third-order valence-corrected chi connectivity index (χ3v) is 4.96. The van der Waals surface area contributed by atoms with E-state index in [1.54, 1.807) is 18.2 Å². The van der Waals surface area contributed by atoms with E-state index in [9.17, 15) is 23.2 Å². The highest BCUT2D eigenvalue weighted by Gasteiger charge is 2.55. The number of nitrogens with zero attached hydrogens (tertiary/aromatic N) is 2. The van der Waals surface area contributed by atoms with Gasteiger partial charge in [-0.25, -0.2) is 23.3 Å². The van der Waals surface area contributed by atoms with Gasteiger partial charge in [0.1, 0.15) is 0 Å². The summed E-state index contributed by atoms with van der Waals surface area (Å²) in [7, 11) is 2.92. The molecule has 0 unspecified atom stereocenters. The summed E-state index contributed by atoms with van der Waals surface area (Å²) in [5, 5.41) is 2.72. The highest BCUT2D eigenvalue weighted by Crippen LogP contribution is 2.37. The van der Waals surface area contributed by atoms with Crippen LogP contribution in [0.15, 0.2) is 18.2 Å². The molecule has 2 heterocycles. The van der Waals surface area contributed by atoms with Crippen molar-refractivity contribution in [2.45, 2.75) is 24.9 Å². The van der Waals surface area contributed by atoms with E-state index in [1.165, 1.54) is 19.1 Å². The molecule has 158 valence electrons. The maximum atomic E-state index is 12.6. The zero-order chi connectivity index (χ0) is 21.2. The number of benzene rings is 1. The van der Waals surface area contributed by atoms with Crippen LogP contribution in [0.1, 0.15) is 12.8 Å². The van der Waals surface area contributed by atoms with Crippen LogP contribution >= 0.6 is 0 Å². The molecule has 4 amide bonds. The maximum absolute atomic E-state index is 12.6. The lowest BCUT2D eigenvalue weighted by Gasteiger charge is -2.36. The van der Waals surface area contributed by atoms with Gasteiger partial charge >= 0.3 is 12.1 Å². The Morgan fingerprint density at radius 3 is 2.52 bits per heavy atom. The van der Waals surface area contributed by atoms with Crippen molar-refractivity contribution in [3.05, 3.63) is 18.2 Å². The molecule has 11 heteroatoms. The molecule has 3 rings (SSSR count). The Kier molecular flexibility index (Phi) is 5.76. The number of para-hydroxylation sites is 1. The first-order valence-corrected chi connectivity index (χ1v) is 8.91. The van der Waals surface area contributed by atoms with Gasteiger partial charge in [-0.05, 0) is 12.1 Å². The number of carbonyl (C=O) groups is 3. The third kappa shape index (κ3) is 3.89. The molecule has 0 atom stereocenters. The maximum Gasteiger partial charge on any atom is 0.417 e. The Balaban J connectivity index is 1.65. The van der Waals surface area contributed by atoms with Gasteiger partial charge in [-0.2, -0.15) is 0 Å². The number of amides is 4. The van der Waals surface area contributed by atoms with Gasteiger partial charge < -0.3 is 24.4 Å². The number of hydrogen-bond acceptors (Lipinski definition) is 6. The summed E-state index contributed by atoms with van der Waals surface area (Å²) < 4.78 is 40.8. The van der Waals surface area contributed by atoms with Crippen LogP contribution in [0.25, 0.3) is 0 Å². The first-order valence-electron chi connectivity index (χ1n) is 8.91. The van der Waals surface area contributed by atoms with Crippen LogP contribution < -0.4 is 14.8 Å². The lowest BCUT2D eigenvalue weighted by molar-refractivity contribution is -0.140. The molecule has 0 aliphatic carbocycles. The van der Waals surface area contributed by atoms with E-state index in [0.29, 0.717) is 22.1 Å². The summed E-state index contributed by atoms with van der Waals surface area (Å²) >= 11 is 0. The van der Waals surface area contributed by atoms with Crippen molar-refractivity contribution in [1.29, 1.82) is 0 Å². The minimum absolute atomic E-state index is 0.0278. The number of halogens is 2. The average Bonchev–Trinajstić information content (AvgIpc) is 2.92. The number of anilines is 1. The van der Waals surface area contributed by atoms with Crippen molar-refractivity contribution >= 4 is 23.7 Å². The number of alkyl halides is 2. The molecule has 0 radical (unpaired) electrons. The second-order valence-corrected chi connectivity index (χ2v) is 6.63. The van der Waals surface area contributed by atoms with Crippen LogP contribution in [0, 0.1) is 0 Å². The van der Waals surface area contributed by atoms with E-state index >= 15 is 0 Å². The van der Waals surface area contributed by atoms with Crippen LogP contribution in [0.4, 0.5) is 24.1 Å². The Bertz CT molecular complexity index is 811. The van der Waals surface area contributed by atoms with Gasteiger partial charge in [0.25, 0.3) is 12.3 Å². The van der Waals surface area contributed by atoms with Crippen molar-refractivity contribution in [2.24, 2.45) is 0 Å². The fraction of sp³-hybridized carbons (Fsp3) is 0.500. The van der Waals surface area contributed by atoms with Gasteiger partial charge in [0, 0.05) is 25.9 Å². The minimum Gasteiger partial charge on any atom is -0.493 e. The van der Waals surface area contributed by atoms with Crippen molar-refractivity contribution in [3.63, 3.8) is 0 Å². The molecular formula is C18H21F2N3O6. The third-order valence-electron chi connectivity index (χ3n) is 4.96. The molecule has 2 saturated heterocycles. The smallest absolute Gasteiger partial charge is 0.417 e. The lowest BCUT2D eigenvalue weighted by atomic mass is 9.90. The molecule has 0 bridgehead atoms.